The molecule has 0 atom stereocenters. The summed E-state index contributed by atoms with van der Waals surface area (Å²) in [6, 6.07) is 0.132. The average molecular weight is 354 g/mol. The molecule has 0 amide bonds. The van der Waals surface area contributed by atoms with Crippen LogP contribution >= 0.6 is 58.0 Å². The van der Waals surface area contributed by atoms with Gasteiger partial charge in [-0.05, 0) is 20.3 Å². The second-order valence-electron chi connectivity index (χ2n) is 4.25. The van der Waals surface area contributed by atoms with E-state index in [9.17, 15) is 0 Å². The Kier molecular flexibility index (Phi) is 5.48. The predicted molar refractivity (Wildman–Crippen MR) is 78.1 cm³/mol. The molecular formula is C10H14Cl5N3. The van der Waals surface area contributed by atoms with Crippen molar-refractivity contribution in [2.24, 2.45) is 0 Å². The van der Waals surface area contributed by atoms with E-state index in [4.69, 9.17) is 58.0 Å². The Labute approximate surface area is 132 Å². The first-order valence-corrected chi connectivity index (χ1v) is 7.41. The minimum Gasteiger partial charge on any atom is -0.247 e. The molecule has 0 bridgehead atoms. The first-order valence-electron chi connectivity index (χ1n) is 5.52. The Morgan fingerprint density at radius 2 is 1.72 bits per heavy atom. The van der Waals surface area contributed by atoms with Gasteiger partial charge in [0, 0.05) is 6.04 Å². The molecule has 0 radical (unpaired) electrons. The van der Waals surface area contributed by atoms with Crippen LogP contribution in [-0.2, 0) is 10.8 Å². The topological polar surface area (TPSA) is 30.7 Å². The molecule has 0 saturated heterocycles. The number of halogens is 5. The van der Waals surface area contributed by atoms with E-state index in [1.165, 1.54) is 0 Å². The van der Waals surface area contributed by atoms with Crippen molar-refractivity contribution >= 4 is 58.0 Å². The van der Waals surface area contributed by atoms with Crippen molar-refractivity contribution in [2.45, 2.75) is 47.8 Å². The zero-order valence-corrected chi connectivity index (χ0v) is 14.0. The molecule has 18 heavy (non-hydrogen) atoms. The van der Waals surface area contributed by atoms with Crippen LogP contribution in [-0.4, -0.2) is 18.8 Å². The van der Waals surface area contributed by atoms with E-state index in [0.29, 0.717) is 12.1 Å². The summed E-state index contributed by atoms with van der Waals surface area (Å²) < 4.78 is -1.86. The third-order valence-corrected chi connectivity index (χ3v) is 4.78. The summed E-state index contributed by atoms with van der Waals surface area (Å²) in [5, 5.41) is 8.03. The van der Waals surface area contributed by atoms with Gasteiger partial charge in [0.05, 0.1) is 5.69 Å². The molecule has 8 heteroatoms. The second-order valence-corrected chi connectivity index (χ2v) is 7.85. The van der Waals surface area contributed by atoms with Crippen LogP contribution in [0.5, 0.6) is 0 Å². The fourth-order valence-electron chi connectivity index (χ4n) is 1.58. The fraction of sp³-hybridized carbons (Fsp3) is 0.800. The second kappa shape index (κ2) is 5.92. The van der Waals surface area contributed by atoms with Crippen LogP contribution in [0.4, 0.5) is 0 Å². The summed E-state index contributed by atoms with van der Waals surface area (Å²) >= 11 is 29.7. The molecule has 1 heterocycles. The first-order chi connectivity index (χ1) is 8.13. The third-order valence-electron chi connectivity index (χ3n) is 2.42. The van der Waals surface area contributed by atoms with Gasteiger partial charge >= 0.3 is 0 Å². The number of hydrogen-bond donors (Lipinski definition) is 0. The van der Waals surface area contributed by atoms with E-state index in [-0.39, 0.29) is 6.04 Å². The van der Waals surface area contributed by atoms with Gasteiger partial charge < -0.3 is 0 Å². The van der Waals surface area contributed by atoms with Gasteiger partial charge in [0.1, 0.15) is 5.69 Å². The van der Waals surface area contributed by atoms with Crippen molar-refractivity contribution in [3.05, 3.63) is 11.4 Å². The van der Waals surface area contributed by atoms with Crippen molar-refractivity contribution in [3.63, 3.8) is 0 Å². The molecule has 1 aromatic heterocycles. The molecule has 104 valence electrons. The monoisotopic (exact) mass is 351 g/mol. The molecule has 1 rings (SSSR count). The summed E-state index contributed by atoms with van der Waals surface area (Å²) in [5.74, 6) is 0. The lowest BCUT2D eigenvalue weighted by Gasteiger charge is -2.26. The van der Waals surface area contributed by atoms with Crippen LogP contribution in [0.3, 0.4) is 0 Å². The lowest BCUT2D eigenvalue weighted by Crippen LogP contribution is -2.30. The Morgan fingerprint density at radius 1 is 1.17 bits per heavy atom. The van der Waals surface area contributed by atoms with Crippen LogP contribution in [0.2, 0.25) is 0 Å². The molecule has 0 unspecified atom stereocenters. The van der Waals surface area contributed by atoms with Crippen molar-refractivity contribution in [1.82, 2.24) is 15.0 Å². The standard InChI is InChI=1S/C10H14Cl5N3/c1-4-5-7-8(9(11,12)10(13,14)15)16-17-18(7)6(2)3/h6H,4-5H2,1-3H3. The molecule has 0 spiro atoms. The van der Waals surface area contributed by atoms with Crippen molar-refractivity contribution < 1.29 is 0 Å². The number of rotatable bonds is 4. The quantitative estimate of drug-likeness (QED) is 0.727. The predicted octanol–water partition coefficient (Wildman–Crippen LogP) is 4.81. The minimum absolute atomic E-state index is 0.132. The minimum atomic E-state index is -1.88. The van der Waals surface area contributed by atoms with Crippen molar-refractivity contribution in [2.75, 3.05) is 0 Å². The Bertz CT molecular complexity index is 408. The van der Waals surface area contributed by atoms with E-state index in [1.54, 1.807) is 4.68 Å². The zero-order chi connectivity index (χ0) is 14.1. The largest absolute Gasteiger partial charge is 0.247 e. The Hall–Kier alpha value is 0.590. The summed E-state index contributed by atoms with van der Waals surface area (Å²) in [6.07, 6.45) is 1.60. The van der Waals surface area contributed by atoms with E-state index >= 15 is 0 Å². The molecular weight excluding hydrogens is 339 g/mol. The van der Waals surface area contributed by atoms with Gasteiger partial charge in [-0.2, -0.15) is 0 Å². The van der Waals surface area contributed by atoms with E-state index in [0.717, 1.165) is 12.1 Å². The van der Waals surface area contributed by atoms with Gasteiger partial charge in [0.15, 0.2) is 0 Å². The summed E-state index contributed by atoms with van der Waals surface area (Å²) in [5.41, 5.74) is 1.10. The highest BCUT2D eigenvalue weighted by molar-refractivity contribution is 6.75. The molecule has 0 aliphatic heterocycles. The van der Waals surface area contributed by atoms with Gasteiger partial charge in [0.2, 0.25) is 8.13 Å². The molecule has 0 aliphatic rings. The highest BCUT2D eigenvalue weighted by atomic mass is 35.6. The maximum atomic E-state index is 6.15. The average Bonchev–Trinajstić information content (AvgIpc) is 2.60. The lowest BCUT2D eigenvalue weighted by atomic mass is 10.1. The van der Waals surface area contributed by atoms with E-state index in [1.807, 2.05) is 20.8 Å². The molecule has 3 nitrogen and oxygen atoms in total. The van der Waals surface area contributed by atoms with Crippen LogP contribution < -0.4 is 0 Å². The number of nitrogens with zero attached hydrogens (tertiary/aromatic N) is 3. The molecule has 0 fully saturated rings. The summed E-state index contributed by atoms with van der Waals surface area (Å²) in [6.45, 7) is 6.00. The number of hydrogen-bond acceptors (Lipinski definition) is 2. The Morgan fingerprint density at radius 3 is 2.11 bits per heavy atom. The van der Waals surface area contributed by atoms with Crippen LogP contribution in [0.1, 0.15) is 44.6 Å². The van der Waals surface area contributed by atoms with Crippen LogP contribution in [0, 0.1) is 0 Å². The molecule has 0 N–H and O–H groups in total. The molecule has 0 aliphatic carbocycles. The van der Waals surface area contributed by atoms with Gasteiger partial charge in [-0.1, -0.05) is 76.6 Å². The highest BCUT2D eigenvalue weighted by Crippen LogP contribution is 2.53. The normalized spacial score (nSPS) is 13.4. The fourth-order valence-corrected chi connectivity index (χ4v) is 2.14. The lowest BCUT2D eigenvalue weighted by molar-refractivity contribution is 0.492. The van der Waals surface area contributed by atoms with Gasteiger partial charge in [0.25, 0.3) is 0 Å². The van der Waals surface area contributed by atoms with Crippen molar-refractivity contribution in [3.8, 4) is 0 Å². The van der Waals surface area contributed by atoms with Crippen LogP contribution in [0.15, 0.2) is 0 Å². The molecule has 0 aromatic carbocycles. The SMILES string of the molecule is CCCc1c(C(Cl)(Cl)C(Cl)(Cl)Cl)nnn1C(C)C. The number of aromatic nitrogens is 3. The Balaban J connectivity index is 3.33. The smallest absolute Gasteiger partial charge is 0.228 e. The van der Waals surface area contributed by atoms with Gasteiger partial charge in [-0.3, -0.25) is 0 Å². The maximum Gasteiger partial charge on any atom is 0.228 e. The summed E-state index contributed by atoms with van der Waals surface area (Å²) in [4.78, 5) is 0. The molecule has 0 saturated carbocycles. The van der Waals surface area contributed by atoms with Crippen LogP contribution in [0.25, 0.3) is 0 Å². The van der Waals surface area contributed by atoms with Gasteiger partial charge in [-0.25, -0.2) is 4.68 Å². The van der Waals surface area contributed by atoms with Gasteiger partial charge in [-0.15, -0.1) is 5.10 Å². The number of alkyl halides is 5. The first kappa shape index (κ1) is 16.6. The zero-order valence-electron chi connectivity index (χ0n) is 10.2. The highest BCUT2D eigenvalue weighted by Gasteiger charge is 2.51. The molecule has 1 aromatic rings. The van der Waals surface area contributed by atoms with Crippen molar-refractivity contribution in [1.29, 1.82) is 0 Å². The third kappa shape index (κ3) is 3.18. The van der Waals surface area contributed by atoms with E-state index < -0.39 is 8.13 Å². The van der Waals surface area contributed by atoms with E-state index in [2.05, 4.69) is 10.3 Å². The summed E-state index contributed by atoms with van der Waals surface area (Å²) in [7, 11) is 0. The maximum absolute atomic E-state index is 6.15.